The van der Waals surface area contributed by atoms with E-state index in [9.17, 15) is 0 Å². The number of hydrogen-bond donors (Lipinski definition) is 1. The van der Waals surface area contributed by atoms with Gasteiger partial charge in [0.15, 0.2) is 0 Å². The third-order valence-electron chi connectivity index (χ3n) is 3.74. The third kappa shape index (κ3) is 5.31. The van der Waals surface area contributed by atoms with E-state index in [1.807, 2.05) is 0 Å². The largest absolute Gasteiger partial charge is 0.313 e. The van der Waals surface area contributed by atoms with Crippen molar-refractivity contribution < 1.29 is 0 Å². The first-order chi connectivity index (χ1) is 7.76. The molecule has 1 N–H and O–H groups in total. The van der Waals surface area contributed by atoms with E-state index < -0.39 is 0 Å². The van der Waals surface area contributed by atoms with Gasteiger partial charge in [-0.25, -0.2) is 0 Å². The Hall–Kier alpha value is -0.0800. The summed E-state index contributed by atoms with van der Waals surface area (Å²) in [6, 6.07) is 0.672. The second-order valence-electron chi connectivity index (χ2n) is 5.38. The number of nitrogens with zero attached hydrogens (tertiary/aromatic N) is 1. The van der Waals surface area contributed by atoms with Gasteiger partial charge in [-0.15, -0.1) is 0 Å². The molecule has 16 heavy (non-hydrogen) atoms. The first kappa shape index (κ1) is 14.0. The van der Waals surface area contributed by atoms with Crippen LogP contribution in [0.4, 0.5) is 0 Å². The maximum Gasteiger partial charge on any atom is 0.0166 e. The lowest BCUT2D eigenvalue weighted by molar-refractivity contribution is 0.218. The molecule has 1 rings (SSSR count). The Balaban J connectivity index is 2.31. The fraction of sp³-hybridized carbons (Fsp3) is 1.00. The molecular formula is C14H30N2. The summed E-state index contributed by atoms with van der Waals surface area (Å²) in [5.74, 6) is 0.922. The summed E-state index contributed by atoms with van der Waals surface area (Å²) in [7, 11) is 0. The quantitative estimate of drug-likeness (QED) is 0.749. The van der Waals surface area contributed by atoms with Crippen molar-refractivity contribution in [2.24, 2.45) is 5.92 Å². The molecule has 1 heterocycles. The highest BCUT2D eigenvalue weighted by Gasteiger charge is 2.17. The van der Waals surface area contributed by atoms with Crippen molar-refractivity contribution in [3.05, 3.63) is 0 Å². The number of unbranched alkanes of at least 4 members (excludes halogenated alkanes) is 1. The standard InChI is InChI=1S/C14H30N2/c1-4-6-8-14(5-2)12-16-10-7-9-15-13(3)11-16/h13-15H,4-12H2,1-3H3. The van der Waals surface area contributed by atoms with Crippen LogP contribution in [0, 0.1) is 5.92 Å². The van der Waals surface area contributed by atoms with E-state index >= 15 is 0 Å². The molecule has 0 bridgehead atoms. The first-order valence-electron chi connectivity index (χ1n) is 7.22. The van der Waals surface area contributed by atoms with Crippen molar-refractivity contribution in [2.45, 2.75) is 58.9 Å². The molecule has 96 valence electrons. The van der Waals surface area contributed by atoms with Gasteiger partial charge in [-0.05, 0) is 38.8 Å². The van der Waals surface area contributed by atoms with E-state index in [0.717, 1.165) is 5.92 Å². The second-order valence-corrected chi connectivity index (χ2v) is 5.38. The molecule has 1 aliphatic rings. The molecule has 1 aliphatic heterocycles. The minimum Gasteiger partial charge on any atom is -0.313 e. The minimum atomic E-state index is 0.672. The SMILES string of the molecule is CCCCC(CC)CN1CCCNC(C)C1. The fourth-order valence-electron chi connectivity index (χ4n) is 2.64. The van der Waals surface area contributed by atoms with Gasteiger partial charge in [-0.1, -0.05) is 33.1 Å². The monoisotopic (exact) mass is 226 g/mol. The molecule has 2 unspecified atom stereocenters. The Morgan fingerprint density at radius 2 is 2.19 bits per heavy atom. The number of rotatable bonds is 6. The molecule has 0 saturated carbocycles. The molecule has 0 amide bonds. The van der Waals surface area contributed by atoms with Gasteiger partial charge in [0.1, 0.15) is 0 Å². The summed E-state index contributed by atoms with van der Waals surface area (Å²) < 4.78 is 0. The van der Waals surface area contributed by atoms with Crippen LogP contribution in [-0.4, -0.2) is 37.1 Å². The molecular weight excluding hydrogens is 196 g/mol. The van der Waals surface area contributed by atoms with E-state index in [1.165, 1.54) is 58.3 Å². The predicted molar refractivity (Wildman–Crippen MR) is 71.8 cm³/mol. The van der Waals surface area contributed by atoms with Gasteiger partial charge in [0.25, 0.3) is 0 Å². The maximum atomic E-state index is 3.57. The molecule has 2 atom stereocenters. The Labute approximate surface area is 102 Å². The van der Waals surface area contributed by atoms with Crippen LogP contribution in [0.2, 0.25) is 0 Å². The van der Waals surface area contributed by atoms with Crippen molar-refractivity contribution in [1.29, 1.82) is 0 Å². The van der Waals surface area contributed by atoms with Gasteiger partial charge < -0.3 is 10.2 Å². The summed E-state index contributed by atoms with van der Waals surface area (Å²) >= 11 is 0. The van der Waals surface area contributed by atoms with Gasteiger partial charge in [-0.2, -0.15) is 0 Å². The van der Waals surface area contributed by atoms with Crippen molar-refractivity contribution in [3.63, 3.8) is 0 Å². The molecule has 0 aliphatic carbocycles. The van der Waals surface area contributed by atoms with E-state index in [4.69, 9.17) is 0 Å². The van der Waals surface area contributed by atoms with Crippen LogP contribution in [0.15, 0.2) is 0 Å². The lowest BCUT2D eigenvalue weighted by Gasteiger charge is -2.27. The normalized spacial score (nSPS) is 25.3. The summed E-state index contributed by atoms with van der Waals surface area (Å²) in [6.45, 7) is 12.0. The highest BCUT2D eigenvalue weighted by molar-refractivity contribution is 4.74. The van der Waals surface area contributed by atoms with Gasteiger partial charge >= 0.3 is 0 Å². The Morgan fingerprint density at radius 1 is 1.38 bits per heavy atom. The van der Waals surface area contributed by atoms with E-state index in [-0.39, 0.29) is 0 Å². The van der Waals surface area contributed by atoms with Gasteiger partial charge in [0.05, 0.1) is 0 Å². The lowest BCUT2D eigenvalue weighted by atomic mass is 9.98. The smallest absolute Gasteiger partial charge is 0.0166 e. The van der Waals surface area contributed by atoms with Crippen molar-refractivity contribution in [3.8, 4) is 0 Å². The highest BCUT2D eigenvalue weighted by Crippen LogP contribution is 2.15. The molecule has 1 fully saturated rings. The zero-order valence-electron chi connectivity index (χ0n) is 11.5. The first-order valence-corrected chi connectivity index (χ1v) is 7.22. The highest BCUT2D eigenvalue weighted by atomic mass is 15.2. The molecule has 2 nitrogen and oxygen atoms in total. The summed E-state index contributed by atoms with van der Waals surface area (Å²) in [4.78, 5) is 2.68. The maximum absolute atomic E-state index is 3.57. The number of hydrogen-bond acceptors (Lipinski definition) is 2. The zero-order valence-corrected chi connectivity index (χ0v) is 11.5. The van der Waals surface area contributed by atoms with Crippen LogP contribution in [-0.2, 0) is 0 Å². The average molecular weight is 226 g/mol. The van der Waals surface area contributed by atoms with Crippen LogP contribution < -0.4 is 5.32 Å². The summed E-state index contributed by atoms with van der Waals surface area (Å²) in [6.07, 6.45) is 6.83. The fourth-order valence-corrected chi connectivity index (χ4v) is 2.64. The molecule has 0 spiro atoms. The molecule has 1 saturated heterocycles. The van der Waals surface area contributed by atoms with Crippen molar-refractivity contribution in [1.82, 2.24) is 10.2 Å². The Morgan fingerprint density at radius 3 is 2.88 bits per heavy atom. The Bertz CT molecular complexity index is 170. The average Bonchev–Trinajstić information content (AvgIpc) is 2.48. The van der Waals surface area contributed by atoms with Crippen LogP contribution in [0.3, 0.4) is 0 Å². The summed E-state index contributed by atoms with van der Waals surface area (Å²) in [5, 5.41) is 3.57. The van der Waals surface area contributed by atoms with Crippen molar-refractivity contribution >= 4 is 0 Å². The van der Waals surface area contributed by atoms with E-state index in [2.05, 4.69) is 31.0 Å². The van der Waals surface area contributed by atoms with Crippen molar-refractivity contribution in [2.75, 3.05) is 26.2 Å². The Kier molecular flexibility index (Phi) is 7.06. The topological polar surface area (TPSA) is 15.3 Å². The lowest BCUT2D eigenvalue weighted by Crippen LogP contribution is -2.37. The zero-order chi connectivity index (χ0) is 11.8. The van der Waals surface area contributed by atoms with Crippen LogP contribution >= 0.6 is 0 Å². The van der Waals surface area contributed by atoms with Gasteiger partial charge in [-0.3, -0.25) is 0 Å². The van der Waals surface area contributed by atoms with Crippen LogP contribution in [0.5, 0.6) is 0 Å². The van der Waals surface area contributed by atoms with E-state index in [0.29, 0.717) is 6.04 Å². The molecule has 2 heteroatoms. The molecule has 0 aromatic heterocycles. The molecule has 0 aromatic carbocycles. The molecule has 0 aromatic rings. The second kappa shape index (κ2) is 8.08. The van der Waals surface area contributed by atoms with Crippen LogP contribution in [0.25, 0.3) is 0 Å². The number of nitrogens with one attached hydrogen (secondary N) is 1. The van der Waals surface area contributed by atoms with Crippen LogP contribution in [0.1, 0.15) is 52.9 Å². The van der Waals surface area contributed by atoms with E-state index in [1.54, 1.807) is 0 Å². The van der Waals surface area contributed by atoms with Gasteiger partial charge in [0, 0.05) is 19.1 Å². The van der Waals surface area contributed by atoms with Gasteiger partial charge in [0.2, 0.25) is 0 Å². The minimum absolute atomic E-state index is 0.672. The third-order valence-corrected chi connectivity index (χ3v) is 3.74. The predicted octanol–water partition coefficient (Wildman–Crippen LogP) is 2.89. The summed E-state index contributed by atoms with van der Waals surface area (Å²) in [5.41, 5.74) is 0. The molecule has 0 radical (unpaired) electrons.